The van der Waals surface area contributed by atoms with Crippen molar-refractivity contribution < 1.29 is 19.1 Å². The minimum atomic E-state index is -0.508. The van der Waals surface area contributed by atoms with Gasteiger partial charge >= 0.3 is 11.9 Å². The molecule has 1 atom stereocenters. The Kier molecular flexibility index (Phi) is 6.62. The third-order valence-corrected chi connectivity index (χ3v) is 4.88. The first-order valence-corrected chi connectivity index (χ1v) is 9.62. The molecule has 0 spiro atoms. The van der Waals surface area contributed by atoms with Crippen molar-refractivity contribution in [2.75, 3.05) is 7.11 Å². The number of methoxy groups -OCH3 is 1. The number of hydrogen-bond acceptors (Lipinski definition) is 4. The Labute approximate surface area is 178 Å². The van der Waals surface area contributed by atoms with Crippen molar-refractivity contribution in [1.82, 2.24) is 4.57 Å². The van der Waals surface area contributed by atoms with Crippen LogP contribution in [0.2, 0.25) is 10.0 Å². The van der Waals surface area contributed by atoms with Gasteiger partial charge in [0.2, 0.25) is 0 Å². The van der Waals surface area contributed by atoms with Gasteiger partial charge in [0.1, 0.15) is 11.8 Å². The van der Waals surface area contributed by atoms with Crippen LogP contribution in [0.4, 0.5) is 0 Å². The Balaban J connectivity index is 1.73. The zero-order valence-electron chi connectivity index (χ0n) is 15.9. The lowest BCUT2D eigenvalue weighted by Crippen LogP contribution is -2.14. The highest BCUT2D eigenvalue weighted by atomic mass is 35.5. The first-order chi connectivity index (χ1) is 13.9. The van der Waals surface area contributed by atoms with E-state index in [2.05, 4.69) is 4.74 Å². The van der Waals surface area contributed by atoms with E-state index in [9.17, 15) is 9.59 Å². The molecular weight excluding hydrogens is 413 g/mol. The summed E-state index contributed by atoms with van der Waals surface area (Å²) in [5.74, 6) is -0.911. The molecule has 3 rings (SSSR count). The predicted molar refractivity (Wildman–Crippen MR) is 112 cm³/mol. The smallest absolute Gasteiger partial charge is 0.355 e. The van der Waals surface area contributed by atoms with Gasteiger partial charge in [-0.15, -0.1) is 0 Å². The molecule has 0 saturated heterocycles. The number of rotatable bonds is 6. The molecule has 150 valence electrons. The molecule has 0 bridgehead atoms. The quantitative estimate of drug-likeness (QED) is 0.480. The summed E-state index contributed by atoms with van der Waals surface area (Å²) in [6.07, 6.45) is 1.18. The zero-order chi connectivity index (χ0) is 21.0. The summed E-state index contributed by atoms with van der Waals surface area (Å²) < 4.78 is 12.0. The van der Waals surface area contributed by atoms with Crippen molar-refractivity contribution in [1.29, 1.82) is 0 Å². The molecule has 3 aromatic rings. The third-order valence-electron chi connectivity index (χ3n) is 4.42. The molecule has 1 aromatic heterocycles. The maximum Gasteiger partial charge on any atom is 0.355 e. The average molecular weight is 432 g/mol. The Hall–Kier alpha value is -2.76. The van der Waals surface area contributed by atoms with Gasteiger partial charge in [0, 0.05) is 17.8 Å². The van der Waals surface area contributed by atoms with Gasteiger partial charge in [0.05, 0.1) is 17.7 Å². The van der Waals surface area contributed by atoms with Crippen molar-refractivity contribution in [2.24, 2.45) is 0 Å². The fourth-order valence-corrected chi connectivity index (χ4v) is 3.21. The summed E-state index contributed by atoms with van der Waals surface area (Å²) in [6, 6.07) is 15.6. The highest BCUT2D eigenvalue weighted by Crippen LogP contribution is 2.23. The second kappa shape index (κ2) is 9.16. The summed E-state index contributed by atoms with van der Waals surface area (Å²) in [7, 11) is 1.32. The second-order valence-electron chi connectivity index (χ2n) is 6.46. The van der Waals surface area contributed by atoms with E-state index in [-0.39, 0.29) is 0 Å². The van der Waals surface area contributed by atoms with Crippen LogP contribution in [0.25, 0.3) is 0 Å². The van der Waals surface area contributed by atoms with Crippen LogP contribution < -0.4 is 0 Å². The Bertz CT molecular complexity index is 1010. The fraction of sp³-hybridized carbons (Fsp3) is 0.182. The zero-order valence-corrected chi connectivity index (χ0v) is 17.4. The van der Waals surface area contributed by atoms with Crippen LogP contribution in [0.1, 0.15) is 45.0 Å². The number of nitrogens with zero attached hydrogens (tertiary/aromatic N) is 1. The van der Waals surface area contributed by atoms with E-state index in [4.69, 9.17) is 27.9 Å². The normalized spacial score (nSPS) is 11.7. The Morgan fingerprint density at radius 3 is 2.24 bits per heavy atom. The molecule has 0 aliphatic carbocycles. The third kappa shape index (κ3) is 5.19. The molecule has 0 radical (unpaired) electrons. The summed E-state index contributed by atoms with van der Waals surface area (Å²) in [5, 5.41) is 1.09. The highest BCUT2D eigenvalue weighted by molar-refractivity contribution is 6.31. The number of hydrogen-bond donors (Lipinski definition) is 0. The van der Waals surface area contributed by atoms with Crippen LogP contribution in [-0.2, 0) is 16.0 Å². The minimum Gasteiger partial charge on any atom is -0.465 e. The second-order valence-corrected chi connectivity index (χ2v) is 7.33. The van der Waals surface area contributed by atoms with Crippen LogP contribution in [0.5, 0.6) is 0 Å². The van der Waals surface area contributed by atoms with Crippen molar-refractivity contribution in [3.8, 4) is 0 Å². The largest absolute Gasteiger partial charge is 0.465 e. The van der Waals surface area contributed by atoms with Gasteiger partial charge in [-0.1, -0.05) is 47.5 Å². The van der Waals surface area contributed by atoms with Gasteiger partial charge in [0.15, 0.2) is 0 Å². The summed E-state index contributed by atoms with van der Waals surface area (Å²) in [6.45, 7) is 2.22. The lowest BCUT2D eigenvalue weighted by Gasteiger charge is -2.15. The van der Waals surface area contributed by atoms with Crippen LogP contribution in [0.15, 0.2) is 60.8 Å². The van der Waals surface area contributed by atoms with Crippen molar-refractivity contribution in [3.63, 3.8) is 0 Å². The number of ether oxygens (including phenoxy) is 2. The van der Waals surface area contributed by atoms with Crippen molar-refractivity contribution in [2.45, 2.75) is 19.6 Å². The van der Waals surface area contributed by atoms with E-state index < -0.39 is 18.0 Å². The molecule has 0 saturated carbocycles. The van der Waals surface area contributed by atoms with Gasteiger partial charge in [-0.2, -0.15) is 0 Å². The molecule has 2 aromatic carbocycles. The van der Waals surface area contributed by atoms with Crippen LogP contribution in [-0.4, -0.2) is 23.6 Å². The van der Waals surface area contributed by atoms with Gasteiger partial charge in [-0.25, -0.2) is 9.59 Å². The lowest BCUT2D eigenvalue weighted by molar-refractivity contribution is 0.0325. The van der Waals surface area contributed by atoms with Crippen LogP contribution >= 0.6 is 23.2 Å². The van der Waals surface area contributed by atoms with Gasteiger partial charge in [0.25, 0.3) is 0 Å². The van der Waals surface area contributed by atoms with Crippen molar-refractivity contribution >= 4 is 35.1 Å². The highest BCUT2D eigenvalue weighted by Gasteiger charge is 2.19. The predicted octanol–water partition coefficient (Wildman–Crippen LogP) is 5.55. The maximum atomic E-state index is 12.7. The monoisotopic (exact) mass is 431 g/mol. The fourth-order valence-electron chi connectivity index (χ4n) is 2.86. The number of benzene rings is 2. The van der Waals surface area contributed by atoms with E-state index in [0.29, 0.717) is 27.8 Å². The Morgan fingerprint density at radius 2 is 1.62 bits per heavy atom. The average Bonchev–Trinajstić information content (AvgIpc) is 3.09. The standard InChI is InChI=1S/C22H19Cl2NO4/c1-14(16-5-7-17(8-6-16)21(26)28-2)29-22(27)20-11-19(24)13-25(20)12-15-3-9-18(23)10-4-15/h3-11,13-14H,12H2,1-2H3/t14-/m0/s1. The van der Waals surface area contributed by atoms with Gasteiger partial charge in [-0.3, -0.25) is 0 Å². The summed E-state index contributed by atoms with van der Waals surface area (Å²) >= 11 is 12.0. The minimum absolute atomic E-state index is 0.350. The van der Waals surface area contributed by atoms with Gasteiger partial charge < -0.3 is 14.0 Å². The topological polar surface area (TPSA) is 57.5 Å². The summed E-state index contributed by atoms with van der Waals surface area (Å²) in [4.78, 5) is 24.3. The summed E-state index contributed by atoms with van der Waals surface area (Å²) in [5.41, 5.74) is 2.51. The molecule has 0 unspecified atom stereocenters. The molecule has 5 nitrogen and oxygen atoms in total. The molecule has 29 heavy (non-hydrogen) atoms. The van der Waals surface area contributed by atoms with E-state index in [1.165, 1.54) is 7.11 Å². The number of carbonyl (C=O) groups excluding carboxylic acids is 2. The molecule has 0 aliphatic rings. The maximum absolute atomic E-state index is 12.7. The number of esters is 2. The van der Waals surface area contributed by atoms with Crippen LogP contribution in [0.3, 0.4) is 0 Å². The number of halogens is 2. The molecule has 7 heteroatoms. The molecule has 0 N–H and O–H groups in total. The molecule has 1 heterocycles. The molecular formula is C22H19Cl2NO4. The van der Waals surface area contributed by atoms with Gasteiger partial charge in [-0.05, 0) is 48.4 Å². The number of carbonyl (C=O) groups is 2. The van der Waals surface area contributed by atoms with E-state index in [1.54, 1.807) is 60.2 Å². The first-order valence-electron chi connectivity index (χ1n) is 8.86. The molecule has 0 aliphatic heterocycles. The van der Waals surface area contributed by atoms with E-state index in [1.807, 2.05) is 12.1 Å². The SMILES string of the molecule is COC(=O)c1ccc([C@H](C)OC(=O)c2cc(Cl)cn2Cc2ccc(Cl)cc2)cc1. The Morgan fingerprint density at radius 1 is 0.966 bits per heavy atom. The van der Waals surface area contributed by atoms with Crippen molar-refractivity contribution in [3.05, 3.63) is 93.2 Å². The molecule has 0 amide bonds. The number of aromatic nitrogens is 1. The van der Waals surface area contributed by atoms with E-state index in [0.717, 1.165) is 11.1 Å². The molecule has 0 fully saturated rings. The lowest BCUT2D eigenvalue weighted by atomic mass is 10.1. The van der Waals surface area contributed by atoms with Crippen LogP contribution in [0, 0.1) is 0 Å². The van der Waals surface area contributed by atoms with E-state index >= 15 is 0 Å². The first kappa shape index (κ1) is 21.0.